The van der Waals surface area contributed by atoms with E-state index in [0.29, 0.717) is 18.1 Å². The molecule has 1 N–H and O–H groups in total. The fourth-order valence-electron chi connectivity index (χ4n) is 3.52. The SMILES string of the molecule is Cc1ccc(C)c(Oc2cc(NC(=O)c3ccc(Cn4nc(C)cc4C)o3)cc([N+](=O)[O-])c2)c1. The van der Waals surface area contributed by atoms with Gasteiger partial charge in [0.05, 0.1) is 28.9 Å². The maximum atomic E-state index is 12.8. The van der Waals surface area contributed by atoms with E-state index in [0.717, 1.165) is 22.5 Å². The van der Waals surface area contributed by atoms with Gasteiger partial charge < -0.3 is 14.5 Å². The van der Waals surface area contributed by atoms with E-state index >= 15 is 0 Å². The van der Waals surface area contributed by atoms with Gasteiger partial charge in [0.1, 0.15) is 17.3 Å². The summed E-state index contributed by atoms with van der Waals surface area (Å²) in [4.78, 5) is 23.7. The number of aryl methyl sites for hydroxylation is 4. The topological polar surface area (TPSA) is 112 Å². The number of non-ortho nitro benzene ring substituents is 1. The number of amides is 1. The third-order valence-electron chi connectivity index (χ3n) is 5.23. The molecule has 0 saturated heterocycles. The fourth-order valence-corrected chi connectivity index (χ4v) is 3.52. The standard InChI is InChI=1S/C25H24N4O5/c1-15-5-6-16(2)24(9-15)34-22-12-19(11-20(13-22)29(31)32)26-25(30)23-8-7-21(33-23)14-28-18(4)10-17(3)27-28/h5-13H,14H2,1-4H3,(H,26,30). The third-order valence-corrected chi connectivity index (χ3v) is 5.23. The van der Waals surface area contributed by atoms with Gasteiger partial charge in [-0.3, -0.25) is 19.6 Å². The number of aromatic nitrogens is 2. The Hall–Kier alpha value is -4.40. The van der Waals surface area contributed by atoms with E-state index < -0.39 is 10.8 Å². The van der Waals surface area contributed by atoms with Crippen LogP contribution in [0.5, 0.6) is 11.5 Å². The predicted octanol–water partition coefficient (Wildman–Crippen LogP) is 5.71. The highest BCUT2D eigenvalue weighted by Crippen LogP contribution is 2.32. The van der Waals surface area contributed by atoms with Gasteiger partial charge in [-0.25, -0.2) is 0 Å². The van der Waals surface area contributed by atoms with Crippen molar-refractivity contribution in [1.82, 2.24) is 9.78 Å². The number of hydrogen-bond acceptors (Lipinski definition) is 6. The number of carbonyl (C=O) groups is 1. The third kappa shape index (κ3) is 5.15. The Morgan fingerprint density at radius 2 is 1.88 bits per heavy atom. The van der Waals surface area contributed by atoms with Gasteiger partial charge in [0.25, 0.3) is 11.6 Å². The van der Waals surface area contributed by atoms with Crippen molar-refractivity contribution in [3.05, 3.63) is 98.7 Å². The number of anilines is 1. The molecule has 0 unspecified atom stereocenters. The molecule has 0 spiro atoms. The summed E-state index contributed by atoms with van der Waals surface area (Å²) >= 11 is 0. The molecule has 0 aliphatic heterocycles. The summed E-state index contributed by atoms with van der Waals surface area (Å²) < 4.78 is 13.4. The van der Waals surface area contributed by atoms with E-state index in [-0.39, 0.29) is 22.9 Å². The molecule has 4 aromatic rings. The summed E-state index contributed by atoms with van der Waals surface area (Å²) in [5.41, 5.74) is 3.76. The first-order chi connectivity index (χ1) is 16.2. The highest BCUT2D eigenvalue weighted by Gasteiger charge is 2.17. The smallest absolute Gasteiger partial charge is 0.291 e. The van der Waals surface area contributed by atoms with Crippen molar-refractivity contribution in [3.8, 4) is 11.5 Å². The average Bonchev–Trinajstić information content (AvgIpc) is 3.36. The lowest BCUT2D eigenvalue weighted by atomic mass is 10.1. The molecule has 9 nitrogen and oxygen atoms in total. The largest absolute Gasteiger partial charge is 0.457 e. The van der Waals surface area contributed by atoms with Crippen LogP contribution >= 0.6 is 0 Å². The van der Waals surface area contributed by atoms with Crippen LogP contribution < -0.4 is 10.1 Å². The van der Waals surface area contributed by atoms with Crippen LogP contribution in [0.3, 0.4) is 0 Å². The van der Waals surface area contributed by atoms with E-state index in [1.807, 2.05) is 52.0 Å². The lowest BCUT2D eigenvalue weighted by Gasteiger charge is -2.11. The highest BCUT2D eigenvalue weighted by molar-refractivity contribution is 6.02. The van der Waals surface area contributed by atoms with Crippen molar-refractivity contribution >= 4 is 17.3 Å². The Bertz CT molecular complexity index is 1390. The fraction of sp³-hybridized carbons (Fsp3) is 0.200. The van der Waals surface area contributed by atoms with Crippen molar-refractivity contribution < 1.29 is 18.9 Å². The zero-order valence-electron chi connectivity index (χ0n) is 19.3. The number of nitro benzene ring substituents is 1. The molecule has 2 heterocycles. The van der Waals surface area contributed by atoms with Crippen LogP contribution in [0.25, 0.3) is 0 Å². The normalized spacial score (nSPS) is 10.8. The van der Waals surface area contributed by atoms with Crippen molar-refractivity contribution in [2.75, 3.05) is 5.32 Å². The molecular weight excluding hydrogens is 436 g/mol. The minimum Gasteiger partial charge on any atom is -0.457 e. The van der Waals surface area contributed by atoms with Gasteiger partial charge in [-0.15, -0.1) is 0 Å². The zero-order chi connectivity index (χ0) is 24.4. The highest BCUT2D eigenvalue weighted by atomic mass is 16.6. The molecule has 4 rings (SSSR count). The lowest BCUT2D eigenvalue weighted by Crippen LogP contribution is -2.11. The van der Waals surface area contributed by atoms with Crippen molar-refractivity contribution in [2.24, 2.45) is 0 Å². The Morgan fingerprint density at radius 1 is 1.09 bits per heavy atom. The summed E-state index contributed by atoms with van der Waals surface area (Å²) in [5, 5.41) is 18.5. The average molecular weight is 460 g/mol. The number of furan rings is 1. The zero-order valence-corrected chi connectivity index (χ0v) is 19.3. The van der Waals surface area contributed by atoms with Gasteiger partial charge in [0, 0.05) is 17.8 Å². The molecule has 1 amide bonds. The summed E-state index contributed by atoms with van der Waals surface area (Å²) in [7, 11) is 0. The minimum atomic E-state index is -0.537. The summed E-state index contributed by atoms with van der Waals surface area (Å²) in [5.74, 6) is 0.938. The molecule has 0 atom stereocenters. The van der Waals surface area contributed by atoms with Crippen LogP contribution in [-0.2, 0) is 6.54 Å². The summed E-state index contributed by atoms with van der Waals surface area (Å²) in [6.07, 6.45) is 0. The Morgan fingerprint density at radius 3 is 2.59 bits per heavy atom. The predicted molar refractivity (Wildman–Crippen MR) is 127 cm³/mol. The molecule has 34 heavy (non-hydrogen) atoms. The maximum absolute atomic E-state index is 12.8. The second kappa shape index (κ2) is 9.22. The molecule has 0 aliphatic rings. The number of rotatable bonds is 7. The summed E-state index contributed by atoms with van der Waals surface area (Å²) in [6, 6.07) is 15.0. The van der Waals surface area contributed by atoms with Crippen LogP contribution in [0.15, 0.2) is 59.0 Å². The second-order valence-electron chi connectivity index (χ2n) is 8.15. The number of nitrogens with zero attached hydrogens (tertiary/aromatic N) is 3. The van der Waals surface area contributed by atoms with E-state index in [4.69, 9.17) is 9.15 Å². The number of nitro groups is 1. The van der Waals surface area contributed by atoms with Gasteiger partial charge in [0.2, 0.25) is 0 Å². The van der Waals surface area contributed by atoms with Gasteiger partial charge >= 0.3 is 0 Å². The van der Waals surface area contributed by atoms with Crippen molar-refractivity contribution in [2.45, 2.75) is 34.2 Å². The maximum Gasteiger partial charge on any atom is 0.291 e. The van der Waals surface area contributed by atoms with Crippen LogP contribution in [-0.4, -0.2) is 20.6 Å². The molecule has 0 radical (unpaired) electrons. The quantitative estimate of drug-likeness (QED) is 0.279. The molecule has 2 aromatic carbocycles. The van der Waals surface area contributed by atoms with Crippen LogP contribution in [0.1, 0.15) is 38.8 Å². The van der Waals surface area contributed by atoms with Gasteiger partial charge in [-0.1, -0.05) is 12.1 Å². The first kappa shape index (κ1) is 22.8. The van der Waals surface area contributed by atoms with Gasteiger partial charge in [-0.05, 0) is 63.1 Å². The first-order valence-corrected chi connectivity index (χ1v) is 10.6. The number of hydrogen-bond donors (Lipinski definition) is 1. The Balaban J connectivity index is 1.54. The molecular formula is C25H24N4O5. The monoisotopic (exact) mass is 460 g/mol. The molecule has 2 aromatic heterocycles. The summed E-state index contributed by atoms with van der Waals surface area (Å²) in [6.45, 7) is 8.05. The first-order valence-electron chi connectivity index (χ1n) is 10.6. The molecule has 174 valence electrons. The lowest BCUT2D eigenvalue weighted by molar-refractivity contribution is -0.384. The van der Waals surface area contributed by atoms with E-state index in [1.54, 1.807) is 16.8 Å². The van der Waals surface area contributed by atoms with Gasteiger partial charge in [-0.2, -0.15) is 5.10 Å². The number of nitrogens with one attached hydrogen (secondary N) is 1. The number of ether oxygens (including phenoxy) is 1. The Labute approximate surface area is 196 Å². The van der Waals surface area contributed by atoms with Crippen molar-refractivity contribution in [1.29, 1.82) is 0 Å². The molecule has 0 aliphatic carbocycles. The Kier molecular flexibility index (Phi) is 6.18. The second-order valence-corrected chi connectivity index (χ2v) is 8.15. The van der Waals surface area contributed by atoms with E-state index in [9.17, 15) is 14.9 Å². The number of carbonyl (C=O) groups excluding carboxylic acids is 1. The number of benzene rings is 2. The van der Waals surface area contributed by atoms with Crippen LogP contribution in [0.4, 0.5) is 11.4 Å². The molecule has 0 fully saturated rings. The minimum absolute atomic E-state index is 0.0834. The van der Waals surface area contributed by atoms with Crippen LogP contribution in [0, 0.1) is 37.8 Å². The van der Waals surface area contributed by atoms with E-state index in [2.05, 4.69) is 10.4 Å². The van der Waals surface area contributed by atoms with Crippen molar-refractivity contribution in [3.63, 3.8) is 0 Å². The molecule has 0 saturated carbocycles. The molecule has 9 heteroatoms. The van der Waals surface area contributed by atoms with Crippen LogP contribution in [0.2, 0.25) is 0 Å². The molecule has 0 bridgehead atoms. The van der Waals surface area contributed by atoms with E-state index in [1.165, 1.54) is 18.2 Å². The van der Waals surface area contributed by atoms with Gasteiger partial charge in [0.15, 0.2) is 5.76 Å².